The Morgan fingerprint density at radius 3 is 2.54 bits per heavy atom. The number of benzene rings is 1. The molecule has 1 heterocycles. The standard InChI is InChI=1S/C22H34N2O4/c1-23(21(25)9-6-10-22(26)28-3)17-18-11-14-24(15-12-18)16-13-19-7-4-5-8-20(19)27-2/h4-5,7-8,18H,6,9-17H2,1-3H3. The summed E-state index contributed by atoms with van der Waals surface area (Å²) < 4.78 is 10.0. The van der Waals surface area contributed by atoms with Gasteiger partial charge in [-0.25, -0.2) is 0 Å². The van der Waals surface area contributed by atoms with Crippen LogP contribution in [0, 0.1) is 5.92 Å². The predicted octanol–water partition coefficient (Wildman–Crippen LogP) is 2.75. The molecular formula is C22H34N2O4. The van der Waals surface area contributed by atoms with Crippen LogP contribution in [0.15, 0.2) is 24.3 Å². The second-order valence-corrected chi connectivity index (χ2v) is 7.55. The van der Waals surface area contributed by atoms with Gasteiger partial charge in [-0.05, 0) is 56.3 Å². The van der Waals surface area contributed by atoms with Gasteiger partial charge in [0.25, 0.3) is 0 Å². The van der Waals surface area contributed by atoms with Crippen LogP contribution in [0.5, 0.6) is 5.75 Å². The molecule has 0 aliphatic carbocycles. The number of methoxy groups -OCH3 is 2. The zero-order valence-corrected chi connectivity index (χ0v) is 17.5. The maximum Gasteiger partial charge on any atom is 0.305 e. The van der Waals surface area contributed by atoms with Crippen molar-refractivity contribution in [3.05, 3.63) is 29.8 Å². The Morgan fingerprint density at radius 1 is 1.14 bits per heavy atom. The fourth-order valence-electron chi connectivity index (χ4n) is 3.75. The van der Waals surface area contributed by atoms with Crippen LogP contribution in [0.2, 0.25) is 0 Å². The van der Waals surface area contributed by atoms with Crippen molar-refractivity contribution in [1.29, 1.82) is 0 Å². The van der Waals surface area contributed by atoms with E-state index in [-0.39, 0.29) is 11.9 Å². The summed E-state index contributed by atoms with van der Waals surface area (Å²) in [6, 6.07) is 8.20. The van der Waals surface area contributed by atoms with Crippen molar-refractivity contribution < 1.29 is 19.1 Å². The molecule has 0 radical (unpaired) electrons. The van der Waals surface area contributed by atoms with Crippen LogP contribution in [0.4, 0.5) is 0 Å². The number of ether oxygens (including phenoxy) is 2. The molecular weight excluding hydrogens is 356 g/mol. The van der Waals surface area contributed by atoms with E-state index in [1.54, 1.807) is 7.11 Å². The average Bonchev–Trinajstić information content (AvgIpc) is 2.73. The molecule has 6 heteroatoms. The fraction of sp³-hybridized carbons (Fsp3) is 0.636. The monoisotopic (exact) mass is 390 g/mol. The largest absolute Gasteiger partial charge is 0.496 e. The zero-order chi connectivity index (χ0) is 20.4. The van der Waals surface area contributed by atoms with E-state index in [0.717, 1.165) is 51.2 Å². The second-order valence-electron chi connectivity index (χ2n) is 7.55. The highest BCUT2D eigenvalue weighted by Crippen LogP contribution is 2.21. The van der Waals surface area contributed by atoms with E-state index in [2.05, 4.69) is 21.8 Å². The topological polar surface area (TPSA) is 59.1 Å². The lowest BCUT2D eigenvalue weighted by Gasteiger charge is -2.34. The Labute approximate surface area is 168 Å². The summed E-state index contributed by atoms with van der Waals surface area (Å²) in [6.07, 6.45) is 4.49. The van der Waals surface area contributed by atoms with Crippen LogP contribution in [-0.2, 0) is 20.7 Å². The van der Waals surface area contributed by atoms with E-state index in [1.165, 1.54) is 12.7 Å². The summed E-state index contributed by atoms with van der Waals surface area (Å²) in [7, 11) is 4.96. The molecule has 1 fully saturated rings. The summed E-state index contributed by atoms with van der Waals surface area (Å²) >= 11 is 0. The van der Waals surface area contributed by atoms with Gasteiger partial charge in [-0.3, -0.25) is 9.59 Å². The third kappa shape index (κ3) is 7.15. The van der Waals surface area contributed by atoms with Crippen molar-refractivity contribution in [2.24, 2.45) is 5.92 Å². The molecule has 0 saturated carbocycles. The molecule has 1 aromatic carbocycles. The molecule has 1 aliphatic rings. The highest BCUT2D eigenvalue weighted by Gasteiger charge is 2.22. The van der Waals surface area contributed by atoms with Crippen molar-refractivity contribution in [2.75, 3.05) is 47.4 Å². The third-order valence-corrected chi connectivity index (χ3v) is 5.55. The van der Waals surface area contributed by atoms with Crippen LogP contribution in [0.25, 0.3) is 0 Å². The molecule has 156 valence electrons. The van der Waals surface area contributed by atoms with Crippen LogP contribution < -0.4 is 4.74 Å². The van der Waals surface area contributed by atoms with Gasteiger partial charge in [0.2, 0.25) is 5.91 Å². The minimum atomic E-state index is -0.254. The van der Waals surface area contributed by atoms with Gasteiger partial charge in [-0.15, -0.1) is 0 Å². The molecule has 0 N–H and O–H groups in total. The summed E-state index contributed by atoms with van der Waals surface area (Å²) in [6.45, 7) is 3.99. The number of amides is 1. The predicted molar refractivity (Wildman–Crippen MR) is 109 cm³/mol. The van der Waals surface area contributed by atoms with Crippen molar-refractivity contribution >= 4 is 11.9 Å². The molecule has 6 nitrogen and oxygen atoms in total. The molecule has 28 heavy (non-hydrogen) atoms. The number of hydrogen-bond acceptors (Lipinski definition) is 5. The number of carbonyl (C=O) groups excluding carboxylic acids is 2. The van der Waals surface area contributed by atoms with Crippen molar-refractivity contribution in [3.63, 3.8) is 0 Å². The molecule has 1 aromatic rings. The smallest absolute Gasteiger partial charge is 0.305 e. The number of rotatable bonds is 10. The number of piperidine rings is 1. The van der Waals surface area contributed by atoms with Gasteiger partial charge < -0.3 is 19.3 Å². The first kappa shape index (κ1) is 22.2. The molecule has 0 atom stereocenters. The van der Waals surface area contributed by atoms with E-state index in [0.29, 0.717) is 25.2 Å². The minimum absolute atomic E-state index is 0.113. The first-order valence-electron chi connectivity index (χ1n) is 10.2. The molecule has 1 saturated heterocycles. The van der Waals surface area contributed by atoms with Crippen molar-refractivity contribution in [2.45, 2.75) is 38.5 Å². The first-order chi connectivity index (χ1) is 13.5. The normalized spacial score (nSPS) is 15.2. The summed E-state index contributed by atoms with van der Waals surface area (Å²) in [4.78, 5) is 27.7. The number of esters is 1. The quantitative estimate of drug-likeness (QED) is 0.575. The van der Waals surface area contributed by atoms with Gasteiger partial charge in [0.05, 0.1) is 14.2 Å². The lowest BCUT2D eigenvalue weighted by Crippen LogP contribution is -2.40. The summed E-state index contributed by atoms with van der Waals surface area (Å²) in [5.74, 6) is 1.38. The molecule has 0 spiro atoms. The molecule has 1 aliphatic heterocycles. The number of para-hydroxylation sites is 1. The minimum Gasteiger partial charge on any atom is -0.496 e. The Bertz CT molecular complexity index is 627. The Balaban J connectivity index is 1.66. The van der Waals surface area contributed by atoms with Crippen LogP contribution in [-0.4, -0.2) is 69.1 Å². The third-order valence-electron chi connectivity index (χ3n) is 5.55. The maximum atomic E-state index is 12.2. The lowest BCUT2D eigenvalue weighted by atomic mass is 9.95. The van der Waals surface area contributed by atoms with Crippen LogP contribution in [0.3, 0.4) is 0 Å². The van der Waals surface area contributed by atoms with Gasteiger partial charge in [-0.1, -0.05) is 18.2 Å². The van der Waals surface area contributed by atoms with Gasteiger partial charge in [0.1, 0.15) is 5.75 Å². The first-order valence-corrected chi connectivity index (χ1v) is 10.2. The molecule has 1 amide bonds. The van der Waals surface area contributed by atoms with E-state index in [9.17, 15) is 9.59 Å². The summed E-state index contributed by atoms with van der Waals surface area (Å²) in [5.41, 5.74) is 1.25. The number of nitrogens with zero attached hydrogens (tertiary/aromatic N) is 2. The lowest BCUT2D eigenvalue weighted by molar-refractivity contribution is -0.140. The van der Waals surface area contributed by atoms with Crippen LogP contribution >= 0.6 is 0 Å². The van der Waals surface area contributed by atoms with Gasteiger partial charge in [0.15, 0.2) is 0 Å². The Morgan fingerprint density at radius 2 is 1.86 bits per heavy atom. The summed E-state index contributed by atoms with van der Waals surface area (Å²) in [5, 5.41) is 0. The van der Waals surface area contributed by atoms with E-state index < -0.39 is 0 Å². The maximum absolute atomic E-state index is 12.2. The van der Waals surface area contributed by atoms with E-state index in [1.807, 2.05) is 24.1 Å². The molecule has 2 rings (SSSR count). The van der Waals surface area contributed by atoms with Gasteiger partial charge >= 0.3 is 5.97 Å². The Hall–Kier alpha value is -2.08. The average molecular weight is 391 g/mol. The molecule has 0 bridgehead atoms. The highest BCUT2D eigenvalue weighted by atomic mass is 16.5. The molecule has 0 aromatic heterocycles. The second kappa shape index (κ2) is 11.7. The number of likely N-dealkylation sites (tertiary alicyclic amines) is 1. The number of carbonyl (C=O) groups is 2. The van der Waals surface area contributed by atoms with Gasteiger partial charge in [0, 0.05) is 33.0 Å². The zero-order valence-electron chi connectivity index (χ0n) is 17.5. The van der Waals surface area contributed by atoms with E-state index in [4.69, 9.17) is 4.74 Å². The van der Waals surface area contributed by atoms with Crippen molar-refractivity contribution in [1.82, 2.24) is 9.80 Å². The van der Waals surface area contributed by atoms with Crippen LogP contribution in [0.1, 0.15) is 37.7 Å². The van der Waals surface area contributed by atoms with Gasteiger partial charge in [-0.2, -0.15) is 0 Å². The fourth-order valence-corrected chi connectivity index (χ4v) is 3.75. The molecule has 0 unspecified atom stereocenters. The highest BCUT2D eigenvalue weighted by molar-refractivity contribution is 5.77. The number of hydrogen-bond donors (Lipinski definition) is 0. The van der Waals surface area contributed by atoms with E-state index >= 15 is 0 Å². The SMILES string of the molecule is COC(=O)CCCC(=O)N(C)CC1CCN(CCc2ccccc2OC)CC1. The Kier molecular flexibility index (Phi) is 9.28. The van der Waals surface area contributed by atoms with Crippen molar-refractivity contribution in [3.8, 4) is 5.75 Å².